The molecule has 3 amide bonds. The largest absolute Gasteiger partial charge is 0.361 e. The van der Waals surface area contributed by atoms with Crippen LogP contribution in [0.1, 0.15) is 57.1 Å². The number of rotatable bonds is 10. The highest BCUT2D eigenvalue weighted by molar-refractivity contribution is 6.05. The number of Topliss-reactive ketones (excluding diaryl/α,β-unsaturated/α-hetero) is 1. The molecule has 1 saturated heterocycles. The SMILES string of the molecule is CC1=C(C(=O)NCC(=O)NCC(=O)N[C@@H](CC2CCCC2)C(=O)[C@@]2(C)CO2)Cc2ccccc21. The summed E-state index contributed by atoms with van der Waals surface area (Å²) in [6.45, 7) is 3.54. The van der Waals surface area contributed by atoms with Gasteiger partial charge in [0.2, 0.25) is 17.7 Å². The first-order valence-electron chi connectivity index (χ1n) is 12.1. The minimum atomic E-state index is -0.809. The van der Waals surface area contributed by atoms with E-state index >= 15 is 0 Å². The van der Waals surface area contributed by atoms with Crippen LogP contribution in [0.15, 0.2) is 29.8 Å². The van der Waals surface area contributed by atoms with Gasteiger partial charge in [-0.15, -0.1) is 0 Å². The van der Waals surface area contributed by atoms with Gasteiger partial charge in [0.05, 0.1) is 25.7 Å². The number of carbonyl (C=O) groups excluding carboxylic acids is 4. The predicted molar refractivity (Wildman–Crippen MR) is 127 cm³/mol. The molecule has 3 N–H and O–H groups in total. The molecular weight excluding hydrogens is 434 g/mol. The summed E-state index contributed by atoms with van der Waals surface area (Å²) in [4.78, 5) is 50.1. The van der Waals surface area contributed by atoms with Crippen LogP contribution < -0.4 is 16.0 Å². The van der Waals surface area contributed by atoms with Gasteiger partial charge in [-0.05, 0) is 42.9 Å². The van der Waals surface area contributed by atoms with Gasteiger partial charge in [-0.2, -0.15) is 0 Å². The summed E-state index contributed by atoms with van der Waals surface area (Å²) < 4.78 is 5.29. The molecule has 8 heteroatoms. The molecule has 2 aliphatic carbocycles. The van der Waals surface area contributed by atoms with Gasteiger partial charge in [-0.3, -0.25) is 19.2 Å². The lowest BCUT2D eigenvalue weighted by molar-refractivity contribution is -0.131. The fourth-order valence-corrected chi connectivity index (χ4v) is 4.96. The Morgan fingerprint density at radius 1 is 1.06 bits per heavy atom. The standard InChI is InChI=1S/C26H33N3O5/c1-16-19-10-6-5-9-18(19)12-20(16)25(33)28-13-22(30)27-14-23(31)29-21(11-17-7-3-4-8-17)24(32)26(2)15-34-26/h5-6,9-10,17,21H,3-4,7-8,11-15H2,1-2H3,(H,27,30)(H,28,33)(H,29,31)/t21-,26+/m0/s1. The molecule has 1 aromatic carbocycles. The molecule has 8 nitrogen and oxygen atoms in total. The van der Waals surface area contributed by atoms with Gasteiger partial charge in [0, 0.05) is 12.0 Å². The van der Waals surface area contributed by atoms with Gasteiger partial charge in [-0.1, -0.05) is 49.9 Å². The number of nitrogens with one attached hydrogen (secondary N) is 3. The van der Waals surface area contributed by atoms with Crippen LogP contribution in [0.5, 0.6) is 0 Å². The first-order valence-corrected chi connectivity index (χ1v) is 12.1. The van der Waals surface area contributed by atoms with Crippen LogP contribution in [0.25, 0.3) is 5.57 Å². The zero-order chi connectivity index (χ0) is 24.3. The van der Waals surface area contributed by atoms with Gasteiger partial charge in [0.25, 0.3) is 0 Å². The van der Waals surface area contributed by atoms with E-state index in [4.69, 9.17) is 4.74 Å². The van der Waals surface area contributed by atoms with E-state index in [1.807, 2.05) is 31.2 Å². The lowest BCUT2D eigenvalue weighted by Gasteiger charge is -2.22. The summed E-state index contributed by atoms with van der Waals surface area (Å²) in [5.41, 5.74) is 2.91. The van der Waals surface area contributed by atoms with Crippen molar-refractivity contribution in [2.75, 3.05) is 19.7 Å². The molecule has 0 bridgehead atoms. The molecule has 0 radical (unpaired) electrons. The Morgan fingerprint density at radius 2 is 1.74 bits per heavy atom. The molecule has 4 rings (SSSR count). The van der Waals surface area contributed by atoms with E-state index in [9.17, 15) is 19.2 Å². The van der Waals surface area contributed by atoms with Gasteiger partial charge < -0.3 is 20.7 Å². The van der Waals surface area contributed by atoms with Crippen LogP contribution in [0.3, 0.4) is 0 Å². The van der Waals surface area contributed by atoms with Crippen molar-refractivity contribution in [3.05, 3.63) is 41.0 Å². The number of allylic oxidation sites excluding steroid dienone is 1. The summed E-state index contributed by atoms with van der Waals surface area (Å²) >= 11 is 0. The van der Waals surface area contributed by atoms with E-state index in [2.05, 4.69) is 16.0 Å². The van der Waals surface area contributed by atoms with Crippen LogP contribution in [0.4, 0.5) is 0 Å². The van der Waals surface area contributed by atoms with Crippen LogP contribution in [0.2, 0.25) is 0 Å². The van der Waals surface area contributed by atoms with Crippen LogP contribution in [-0.4, -0.2) is 54.8 Å². The van der Waals surface area contributed by atoms with Crippen molar-refractivity contribution in [3.63, 3.8) is 0 Å². The lowest BCUT2D eigenvalue weighted by atomic mass is 9.91. The number of epoxide rings is 1. The zero-order valence-corrected chi connectivity index (χ0v) is 19.9. The number of hydrogen-bond donors (Lipinski definition) is 3. The molecule has 1 saturated carbocycles. The maximum atomic E-state index is 12.8. The van der Waals surface area contributed by atoms with Gasteiger partial charge in [-0.25, -0.2) is 0 Å². The van der Waals surface area contributed by atoms with E-state index in [1.165, 1.54) is 0 Å². The van der Waals surface area contributed by atoms with Gasteiger partial charge >= 0.3 is 0 Å². The second-order valence-corrected chi connectivity index (χ2v) is 9.79. The molecule has 34 heavy (non-hydrogen) atoms. The number of carbonyl (C=O) groups is 4. The van der Waals surface area contributed by atoms with Crippen LogP contribution in [-0.2, 0) is 30.3 Å². The van der Waals surface area contributed by atoms with Crippen molar-refractivity contribution >= 4 is 29.1 Å². The second-order valence-electron chi connectivity index (χ2n) is 9.79. The molecule has 1 aromatic rings. The third-order valence-corrected chi connectivity index (χ3v) is 7.17. The average Bonchev–Trinajstić information content (AvgIpc) is 3.22. The van der Waals surface area contributed by atoms with Crippen molar-refractivity contribution in [1.82, 2.24) is 16.0 Å². The summed E-state index contributed by atoms with van der Waals surface area (Å²) in [7, 11) is 0. The third kappa shape index (κ3) is 5.55. The number of ether oxygens (including phenoxy) is 1. The highest BCUT2D eigenvalue weighted by Gasteiger charge is 2.50. The molecule has 2 atom stereocenters. The van der Waals surface area contributed by atoms with Crippen molar-refractivity contribution < 1.29 is 23.9 Å². The average molecular weight is 468 g/mol. The minimum absolute atomic E-state index is 0.104. The fraction of sp³-hybridized carbons (Fsp3) is 0.538. The fourth-order valence-electron chi connectivity index (χ4n) is 4.96. The normalized spacial score (nSPS) is 22.2. The van der Waals surface area contributed by atoms with Crippen LogP contribution in [0, 0.1) is 5.92 Å². The lowest BCUT2D eigenvalue weighted by Crippen LogP contribution is -2.50. The van der Waals surface area contributed by atoms with E-state index in [0.29, 0.717) is 30.9 Å². The quantitative estimate of drug-likeness (QED) is 0.453. The smallest absolute Gasteiger partial charge is 0.248 e. The maximum absolute atomic E-state index is 12.8. The number of amides is 3. The molecule has 1 heterocycles. The van der Waals surface area contributed by atoms with Gasteiger partial charge in [0.1, 0.15) is 5.60 Å². The molecular formula is C26H33N3O5. The summed E-state index contributed by atoms with van der Waals surface area (Å²) in [6.07, 6.45) is 5.57. The Labute approximate surface area is 199 Å². The molecule has 0 aromatic heterocycles. The topological polar surface area (TPSA) is 117 Å². The number of benzene rings is 1. The number of fused-ring (bicyclic) bond motifs is 1. The molecule has 0 unspecified atom stereocenters. The number of ketones is 1. The van der Waals surface area contributed by atoms with Crippen LogP contribution >= 0.6 is 0 Å². The maximum Gasteiger partial charge on any atom is 0.248 e. The van der Waals surface area contributed by atoms with E-state index in [1.54, 1.807) is 6.92 Å². The molecule has 3 aliphatic rings. The second kappa shape index (κ2) is 10.1. The minimum Gasteiger partial charge on any atom is -0.361 e. The molecule has 182 valence electrons. The highest BCUT2D eigenvalue weighted by Crippen LogP contribution is 2.34. The zero-order valence-electron chi connectivity index (χ0n) is 19.9. The molecule has 2 fully saturated rings. The Hall–Kier alpha value is -3.00. The first-order chi connectivity index (χ1) is 16.3. The summed E-state index contributed by atoms with van der Waals surface area (Å²) in [6, 6.07) is 7.24. The highest BCUT2D eigenvalue weighted by atomic mass is 16.6. The van der Waals surface area contributed by atoms with Crippen molar-refractivity contribution in [1.29, 1.82) is 0 Å². The summed E-state index contributed by atoms with van der Waals surface area (Å²) in [5, 5.41) is 7.96. The van der Waals surface area contributed by atoms with Gasteiger partial charge in [0.15, 0.2) is 5.78 Å². The molecule has 1 aliphatic heterocycles. The van der Waals surface area contributed by atoms with Crippen molar-refractivity contribution in [2.24, 2.45) is 5.92 Å². The Kier molecular flexibility index (Phi) is 7.16. The van der Waals surface area contributed by atoms with E-state index in [0.717, 1.165) is 42.4 Å². The number of hydrogen-bond acceptors (Lipinski definition) is 5. The van der Waals surface area contributed by atoms with E-state index in [-0.39, 0.29) is 24.8 Å². The third-order valence-electron chi connectivity index (χ3n) is 7.17. The van der Waals surface area contributed by atoms with E-state index < -0.39 is 23.5 Å². The summed E-state index contributed by atoms with van der Waals surface area (Å²) in [5.74, 6) is -0.861. The van der Waals surface area contributed by atoms with Crippen molar-refractivity contribution in [3.8, 4) is 0 Å². The first kappa shape index (κ1) is 24.1. The Morgan fingerprint density at radius 3 is 2.41 bits per heavy atom. The Balaban J connectivity index is 1.23. The monoisotopic (exact) mass is 467 g/mol. The van der Waals surface area contributed by atoms with Crippen molar-refractivity contribution in [2.45, 2.75) is 64.0 Å². The Bertz CT molecular complexity index is 1020. The molecule has 0 spiro atoms. The predicted octanol–water partition coefficient (Wildman–Crippen LogP) is 1.67.